The van der Waals surface area contributed by atoms with Crippen LogP contribution in [0.3, 0.4) is 0 Å². The number of methoxy groups -OCH3 is 1. The van der Waals surface area contributed by atoms with Gasteiger partial charge in [-0.25, -0.2) is 0 Å². The molecule has 0 amide bonds. The number of rotatable bonds is 3. The lowest BCUT2D eigenvalue weighted by Crippen LogP contribution is -2.33. The summed E-state index contributed by atoms with van der Waals surface area (Å²) in [6.45, 7) is 10.2. The Labute approximate surface area is 111 Å². The summed E-state index contributed by atoms with van der Waals surface area (Å²) >= 11 is 0. The zero-order valence-electron chi connectivity index (χ0n) is 12.1. The number of ether oxygens (including phenoxy) is 1. The van der Waals surface area contributed by atoms with Crippen LogP contribution in [-0.4, -0.2) is 25.1 Å². The molecule has 2 nitrogen and oxygen atoms in total. The molecular formula is C16H25NO. The monoisotopic (exact) mass is 247 g/mol. The van der Waals surface area contributed by atoms with Crippen LogP contribution in [0.1, 0.15) is 36.5 Å². The Morgan fingerprint density at radius 3 is 2.72 bits per heavy atom. The smallest absolute Gasteiger partial charge is 0.122 e. The van der Waals surface area contributed by atoms with Gasteiger partial charge in [0.2, 0.25) is 0 Å². The largest absolute Gasteiger partial charge is 0.496 e. The highest BCUT2D eigenvalue weighted by Gasteiger charge is 2.17. The van der Waals surface area contributed by atoms with Crippen molar-refractivity contribution in [2.45, 2.75) is 40.2 Å². The third-order valence-electron chi connectivity index (χ3n) is 3.99. The van der Waals surface area contributed by atoms with Crippen molar-refractivity contribution in [3.05, 3.63) is 28.8 Å². The number of piperidine rings is 1. The van der Waals surface area contributed by atoms with Crippen molar-refractivity contribution in [1.29, 1.82) is 0 Å². The molecule has 0 unspecified atom stereocenters. The van der Waals surface area contributed by atoms with E-state index in [2.05, 4.69) is 37.8 Å². The van der Waals surface area contributed by atoms with Crippen LogP contribution in [0.5, 0.6) is 5.75 Å². The summed E-state index contributed by atoms with van der Waals surface area (Å²) in [4.78, 5) is 2.59. The average molecular weight is 247 g/mol. The highest BCUT2D eigenvalue weighted by Crippen LogP contribution is 2.25. The normalized spacial score (nSPS) is 21.0. The first kappa shape index (κ1) is 13.4. The summed E-state index contributed by atoms with van der Waals surface area (Å²) in [6, 6.07) is 4.45. The number of aryl methyl sites for hydroxylation is 2. The van der Waals surface area contributed by atoms with E-state index in [1.54, 1.807) is 7.11 Å². The molecule has 100 valence electrons. The molecule has 0 saturated carbocycles. The fraction of sp³-hybridized carbons (Fsp3) is 0.625. The van der Waals surface area contributed by atoms with Gasteiger partial charge in [0.1, 0.15) is 5.75 Å². The number of likely N-dealkylation sites (tertiary alicyclic amines) is 1. The Morgan fingerprint density at radius 1 is 1.28 bits per heavy atom. The second-order valence-electron chi connectivity index (χ2n) is 5.73. The van der Waals surface area contributed by atoms with Crippen molar-refractivity contribution in [3.8, 4) is 5.75 Å². The van der Waals surface area contributed by atoms with Crippen LogP contribution in [0.15, 0.2) is 12.1 Å². The van der Waals surface area contributed by atoms with Gasteiger partial charge in [0.25, 0.3) is 0 Å². The van der Waals surface area contributed by atoms with Crippen LogP contribution >= 0.6 is 0 Å². The van der Waals surface area contributed by atoms with Gasteiger partial charge in [0, 0.05) is 13.1 Å². The van der Waals surface area contributed by atoms with Crippen molar-refractivity contribution in [3.63, 3.8) is 0 Å². The Hall–Kier alpha value is -1.02. The van der Waals surface area contributed by atoms with Crippen LogP contribution < -0.4 is 4.74 Å². The Morgan fingerprint density at radius 2 is 2.06 bits per heavy atom. The fourth-order valence-corrected chi connectivity index (χ4v) is 2.91. The molecule has 2 heteroatoms. The molecule has 0 aliphatic carbocycles. The molecule has 1 fully saturated rings. The molecule has 0 bridgehead atoms. The Bertz CT molecular complexity index is 414. The SMILES string of the molecule is COc1cc(C)c(CN2CCC[C@H](C)C2)cc1C. The molecule has 1 aromatic carbocycles. The van der Waals surface area contributed by atoms with Crippen molar-refractivity contribution < 1.29 is 4.74 Å². The predicted molar refractivity (Wildman–Crippen MR) is 76.1 cm³/mol. The molecular weight excluding hydrogens is 222 g/mol. The molecule has 1 aliphatic rings. The Balaban J connectivity index is 2.11. The van der Waals surface area contributed by atoms with Gasteiger partial charge in [-0.3, -0.25) is 4.90 Å². The lowest BCUT2D eigenvalue weighted by atomic mass is 9.98. The van der Waals surface area contributed by atoms with Gasteiger partial charge in [-0.1, -0.05) is 13.0 Å². The predicted octanol–water partition coefficient (Wildman–Crippen LogP) is 3.54. The van der Waals surface area contributed by atoms with Crippen molar-refractivity contribution >= 4 is 0 Å². The Kier molecular flexibility index (Phi) is 4.28. The van der Waals surface area contributed by atoms with Crippen LogP contribution in [0, 0.1) is 19.8 Å². The van der Waals surface area contributed by atoms with E-state index in [0.29, 0.717) is 0 Å². The number of hydrogen-bond donors (Lipinski definition) is 0. The van der Waals surface area contributed by atoms with E-state index in [9.17, 15) is 0 Å². The molecule has 1 aromatic rings. The summed E-state index contributed by atoms with van der Waals surface area (Å²) in [5.41, 5.74) is 4.03. The summed E-state index contributed by atoms with van der Waals surface area (Å²) in [7, 11) is 1.74. The minimum Gasteiger partial charge on any atom is -0.496 e. The van der Waals surface area contributed by atoms with Crippen LogP contribution in [0.4, 0.5) is 0 Å². The van der Waals surface area contributed by atoms with E-state index < -0.39 is 0 Å². The number of hydrogen-bond acceptors (Lipinski definition) is 2. The summed E-state index contributed by atoms with van der Waals surface area (Å²) in [5.74, 6) is 1.85. The number of nitrogens with zero attached hydrogens (tertiary/aromatic N) is 1. The maximum absolute atomic E-state index is 5.37. The van der Waals surface area contributed by atoms with Gasteiger partial charge in [-0.15, -0.1) is 0 Å². The molecule has 1 saturated heterocycles. The zero-order chi connectivity index (χ0) is 13.1. The topological polar surface area (TPSA) is 12.5 Å². The lowest BCUT2D eigenvalue weighted by Gasteiger charge is -2.31. The maximum Gasteiger partial charge on any atom is 0.122 e. The summed E-state index contributed by atoms with van der Waals surface area (Å²) in [6.07, 6.45) is 2.73. The van der Waals surface area contributed by atoms with E-state index >= 15 is 0 Å². The zero-order valence-corrected chi connectivity index (χ0v) is 12.1. The summed E-state index contributed by atoms with van der Waals surface area (Å²) < 4.78 is 5.37. The van der Waals surface area contributed by atoms with Gasteiger partial charge in [-0.05, 0) is 61.9 Å². The molecule has 2 rings (SSSR count). The molecule has 18 heavy (non-hydrogen) atoms. The number of benzene rings is 1. The fourth-order valence-electron chi connectivity index (χ4n) is 2.91. The van der Waals surface area contributed by atoms with E-state index in [1.807, 2.05) is 0 Å². The lowest BCUT2D eigenvalue weighted by molar-refractivity contribution is 0.176. The third-order valence-corrected chi connectivity index (χ3v) is 3.99. The highest BCUT2D eigenvalue weighted by molar-refractivity contribution is 5.41. The van der Waals surface area contributed by atoms with Crippen molar-refractivity contribution in [2.75, 3.05) is 20.2 Å². The van der Waals surface area contributed by atoms with Gasteiger partial charge in [0.15, 0.2) is 0 Å². The van der Waals surface area contributed by atoms with Crippen molar-refractivity contribution in [1.82, 2.24) is 4.90 Å². The molecule has 0 N–H and O–H groups in total. The molecule has 0 aromatic heterocycles. The standard InChI is InChI=1S/C16H25NO/c1-12-6-5-7-17(10-12)11-15-8-14(3)16(18-4)9-13(15)2/h8-9,12H,5-7,10-11H2,1-4H3/t12-/m0/s1. The average Bonchev–Trinajstić information content (AvgIpc) is 2.33. The van der Waals surface area contributed by atoms with E-state index in [1.165, 1.54) is 42.6 Å². The first-order valence-corrected chi connectivity index (χ1v) is 6.96. The maximum atomic E-state index is 5.37. The van der Waals surface area contributed by atoms with Crippen molar-refractivity contribution in [2.24, 2.45) is 5.92 Å². The minimum absolute atomic E-state index is 0.846. The molecule has 0 radical (unpaired) electrons. The summed E-state index contributed by atoms with van der Waals surface area (Å²) in [5, 5.41) is 0. The molecule has 1 atom stereocenters. The molecule has 1 aliphatic heterocycles. The van der Waals surface area contributed by atoms with Crippen LogP contribution in [-0.2, 0) is 6.54 Å². The molecule has 0 spiro atoms. The van der Waals surface area contributed by atoms with E-state index in [4.69, 9.17) is 4.74 Å². The third kappa shape index (κ3) is 3.05. The first-order chi connectivity index (χ1) is 8.60. The van der Waals surface area contributed by atoms with Crippen LogP contribution in [0.25, 0.3) is 0 Å². The van der Waals surface area contributed by atoms with Gasteiger partial charge >= 0.3 is 0 Å². The van der Waals surface area contributed by atoms with Crippen LogP contribution in [0.2, 0.25) is 0 Å². The first-order valence-electron chi connectivity index (χ1n) is 6.96. The van der Waals surface area contributed by atoms with Gasteiger partial charge in [-0.2, -0.15) is 0 Å². The van der Waals surface area contributed by atoms with Gasteiger partial charge in [0.05, 0.1) is 7.11 Å². The quantitative estimate of drug-likeness (QED) is 0.810. The highest BCUT2D eigenvalue weighted by atomic mass is 16.5. The van der Waals surface area contributed by atoms with E-state index in [0.717, 1.165) is 18.2 Å². The molecule has 1 heterocycles. The second-order valence-corrected chi connectivity index (χ2v) is 5.73. The minimum atomic E-state index is 0.846. The van der Waals surface area contributed by atoms with Gasteiger partial charge < -0.3 is 4.74 Å². The second kappa shape index (κ2) is 5.75. The van der Waals surface area contributed by atoms with E-state index in [-0.39, 0.29) is 0 Å².